The minimum atomic E-state index is 0.287. The first kappa shape index (κ1) is 15.2. The summed E-state index contributed by atoms with van der Waals surface area (Å²) in [5.74, 6) is 1.60. The van der Waals surface area contributed by atoms with E-state index >= 15 is 0 Å². The van der Waals surface area contributed by atoms with Gasteiger partial charge in [-0.3, -0.25) is 0 Å². The molecule has 5 heteroatoms. The Kier molecular flexibility index (Phi) is 7.69. The summed E-state index contributed by atoms with van der Waals surface area (Å²) in [7, 11) is 0. The van der Waals surface area contributed by atoms with Crippen LogP contribution in [0.5, 0.6) is 0 Å². The largest absolute Gasteiger partial charge is 0.396 e. The Morgan fingerprint density at radius 3 is 2.72 bits per heavy atom. The third-order valence-corrected chi connectivity index (χ3v) is 2.80. The molecule has 4 nitrogen and oxygen atoms in total. The van der Waals surface area contributed by atoms with Crippen LogP contribution in [0.25, 0.3) is 0 Å². The molecular formula is C13H22ClN3O. The van der Waals surface area contributed by atoms with Gasteiger partial charge in [-0.1, -0.05) is 31.4 Å². The lowest BCUT2D eigenvalue weighted by Crippen LogP contribution is -2.06. The second-order valence-electron chi connectivity index (χ2n) is 4.31. The standard InChI is InChI=1S/C13H22ClN3O/c1-2-7-12-16-11(14)10-13(17-12)15-8-5-3-4-6-9-18/h10,18H,2-9H2,1H3,(H,15,16,17). The van der Waals surface area contributed by atoms with E-state index in [2.05, 4.69) is 22.2 Å². The number of hydrogen-bond acceptors (Lipinski definition) is 4. The van der Waals surface area contributed by atoms with Gasteiger partial charge in [0.15, 0.2) is 0 Å². The summed E-state index contributed by atoms with van der Waals surface area (Å²) in [5.41, 5.74) is 0. The van der Waals surface area contributed by atoms with Crippen LogP contribution in [0.4, 0.5) is 5.82 Å². The topological polar surface area (TPSA) is 58.0 Å². The second-order valence-corrected chi connectivity index (χ2v) is 4.69. The summed E-state index contributed by atoms with van der Waals surface area (Å²) < 4.78 is 0. The van der Waals surface area contributed by atoms with Gasteiger partial charge in [0, 0.05) is 25.6 Å². The van der Waals surface area contributed by atoms with Crippen molar-refractivity contribution < 1.29 is 5.11 Å². The van der Waals surface area contributed by atoms with Gasteiger partial charge in [-0.15, -0.1) is 0 Å². The average Bonchev–Trinajstić information content (AvgIpc) is 2.33. The Bertz CT molecular complexity index is 347. The summed E-state index contributed by atoms with van der Waals surface area (Å²) in [5, 5.41) is 12.4. The molecule has 0 radical (unpaired) electrons. The maximum atomic E-state index is 8.67. The monoisotopic (exact) mass is 271 g/mol. The molecule has 102 valence electrons. The van der Waals surface area contributed by atoms with Crippen LogP contribution in [-0.2, 0) is 6.42 Å². The minimum Gasteiger partial charge on any atom is -0.396 e. The van der Waals surface area contributed by atoms with Crippen LogP contribution in [0.15, 0.2) is 6.07 Å². The van der Waals surface area contributed by atoms with Gasteiger partial charge in [0.2, 0.25) is 0 Å². The molecule has 0 spiro atoms. The van der Waals surface area contributed by atoms with Crippen LogP contribution in [0.3, 0.4) is 0 Å². The number of hydrogen-bond donors (Lipinski definition) is 2. The zero-order valence-corrected chi connectivity index (χ0v) is 11.7. The summed E-state index contributed by atoms with van der Waals surface area (Å²) in [6.45, 7) is 3.26. The lowest BCUT2D eigenvalue weighted by molar-refractivity contribution is 0.283. The molecule has 0 aromatic carbocycles. The van der Waals surface area contributed by atoms with Crippen molar-refractivity contribution in [1.29, 1.82) is 0 Å². The molecule has 0 unspecified atom stereocenters. The molecule has 0 aliphatic heterocycles. The van der Waals surface area contributed by atoms with E-state index in [-0.39, 0.29) is 6.61 Å². The molecule has 1 heterocycles. The van der Waals surface area contributed by atoms with E-state index in [1.54, 1.807) is 6.07 Å². The lowest BCUT2D eigenvalue weighted by Gasteiger charge is -2.07. The van der Waals surface area contributed by atoms with Crippen molar-refractivity contribution in [3.63, 3.8) is 0 Å². The number of aromatic nitrogens is 2. The summed E-state index contributed by atoms with van der Waals surface area (Å²) in [4.78, 5) is 8.59. The van der Waals surface area contributed by atoms with Crippen LogP contribution in [0.1, 0.15) is 44.9 Å². The van der Waals surface area contributed by atoms with Crippen LogP contribution in [0, 0.1) is 0 Å². The number of rotatable bonds is 9. The molecule has 1 aromatic rings. The SMILES string of the molecule is CCCc1nc(Cl)cc(NCCCCCCO)n1. The maximum Gasteiger partial charge on any atom is 0.134 e. The van der Waals surface area contributed by atoms with Gasteiger partial charge < -0.3 is 10.4 Å². The highest BCUT2D eigenvalue weighted by molar-refractivity contribution is 6.29. The molecule has 0 amide bonds. The molecule has 0 bridgehead atoms. The maximum absolute atomic E-state index is 8.67. The van der Waals surface area contributed by atoms with Crippen molar-refractivity contribution >= 4 is 17.4 Å². The highest BCUT2D eigenvalue weighted by Crippen LogP contribution is 2.12. The lowest BCUT2D eigenvalue weighted by atomic mass is 10.2. The van der Waals surface area contributed by atoms with Crippen molar-refractivity contribution in [2.75, 3.05) is 18.5 Å². The fraction of sp³-hybridized carbons (Fsp3) is 0.692. The Morgan fingerprint density at radius 2 is 2.00 bits per heavy atom. The van der Waals surface area contributed by atoms with Crippen LogP contribution in [-0.4, -0.2) is 28.2 Å². The van der Waals surface area contributed by atoms with Gasteiger partial charge in [-0.2, -0.15) is 0 Å². The van der Waals surface area contributed by atoms with Crippen molar-refractivity contribution in [2.45, 2.75) is 45.4 Å². The van der Waals surface area contributed by atoms with Gasteiger partial charge in [-0.05, 0) is 19.3 Å². The molecule has 0 aliphatic carbocycles. The highest BCUT2D eigenvalue weighted by atomic mass is 35.5. The van der Waals surface area contributed by atoms with E-state index in [0.29, 0.717) is 5.15 Å². The van der Waals surface area contributed by atoms with E-state index in [0.717, 1.165) is 56.7 Å². The van der Waals surface area contributed by atoms with E-state index in [1.807, 2.05) is 0 Å². The Hall–Kier alpha value is -0.870. The van der Waals surface area contributed by atoms with Gasteiger partial charge in [0.25, 0.3) is 0 Å². The first-order valence-electron chi connectivity index (χ1n) is 6.64. The third-order valence-electron chi connectivity index (χ3n) is 2.61. The summed E-state index contributed by atoms with van der Waals surface area (Å²) in [6, 6.07) is 1.76. The number of anilines is 1. The molecule has 1 rings (SSSR count). The van der Waals surface area contributed by atoms with Crippen LogP contribution < -0.4 is 5.32 Å². The van der Waals surface area contributed by atoms with Gasteiger partial charge >= 0.3 is 0 Å². The third kappa shape index (κ3) is 6.17. The average molecular weight is 272 g/mol. The van der Waals surface area contributed by atoms with Crippen molar-refractivity contribution in [3.05, 3.63) is 17.0 Å². The molecule has 0 saturated heterocycles. The number of nitrogens with one attached hydrogen (secondary N) is 1. The Morgan fingerprint density at radius 1 is 1.22 bits per heavy atom. The van der Waals surface area contributed by atoms with Crippen LogP contribution in [0.2, 0.25) is 5.15 Å². The molecule has 0 atom stereocenters. The zero-order valence-electron chi connectivity index (χ0n) is 11.0. The quantitative estimate of drug-likeness (QED) is 0.535. The Labute approximate surface area is 114 Å². The van der Waals surface area contributed by atoms with Gasteiger partial charge in [0.1, 0.15) is 16.8 Å². The first-order chi connectivity index (χ1) is 8.76. The number of halogens is 1. The van der Waals surface area contributed by atoms with Gasteiger partial charge in [-0.25, -0.2) is 9.97 Å². The molecular weight excluding hydrogens is 250 g/mol. The van der Waals surface area contributed by atoms with Crippen molar-refractivity contribution in [1.82, 2.24) is 9.97 Å². The Balaban J connectivity index is 2.32. The van der Waals surface area contributed by atoms with Crippen molar-refractivity contribution in [3.8, 4) is 0 Å². The normalized spacial score (nSPS) is 10.6. The molecule has 0 fully saturated rings. The number of aliphatic hydroxyl groups is 1. The molecule has 0 saturated carbocycles. The van der Waals surface area contributed by atoms with Gasteiger partial charge in [0.05, 0.1) is 0 Å². The molecule has 2 N–H and O–H groups in total. The van der Waals surface area contributed by atoms with Crippen molar-refractivity contribution in [2.24, 2.45) is 0 Å². The number of nitrogens with zero attached hydrogens (tertiary/aromatic N) is 2. The fourth-order valence-corrected chi connectivity index (χ4v) is 1.90. The zero-order chi connectivity index (χ0) is 13.2. The first-order valence-corrected chi connectivity index (χ1v) is 7.02. The van der Waals surface area contributed by atoms with Crippen LogP contribution >= 0.6 is 11.6 Å². The molecule has 0 aliphatic rings. The minimum absolute atomic E-state index is 0.287. The predicted octanol–water partition coefficient (Wildman–Crippen LogP) is 3.05. The number of unbranched alkanes of at least 4 members (excludes halogenated alkanes) is 3. The molecule has 1 aromatic heterocycles. The summed E-state index contributed by atoms with van der Waals surface area (Å²) in [6.07, 6.45) is 6.02. The van der Waals surface area contributed by atoms with E-state index in [9.17, 15) is 0 Å². The summed E-state index contributed by atoms with van der Waals surface area (Å²) >= 11 is 5.95. The number of aryl methyl sites for hydroxylation is 1. The van der Waals surface area contributed by atoms with E-state index < -0.39 is 0 Å². The second kappa shape index (κ2) is 9.11. The number of aliphatic hydroxyl groups excluding tert-OH is 1. The predicted molar refractivity (Wildman–Crippen MR) is 75.1 cm³/mol. The highest BCUT2D eigenvalue weighted by Gasteiger charge is 2.02. The fourth-order valence-electron chi connectivity index (χ4n) is 1.70. The smallest absolute Gasteiger partial charge is 0.134 e. The molecule has 18 heavy (non-hydrogen) atoms. The van der Waals surface area contributed by atoms with E-state index in [4.69, 9.17) is 16.7 Å². The van der Waals surface area contributed by atoms with E-state index in [1.165, 1.54) is 0 Å².